The number of fused-ring (bicyclic) bond motifs is 1. The molecule has 0 saturated carbocycles. The third-order valence-corrected chi connectivity index (χ3v) is 4.30. The van der Waals surface area contributed by atoms with Gasteiger partial charge in [0.2, 0.25) is 11.8 Å². The van der Waals surface area contributed by atoms with Crippen molar-refractivity contribution >= 4 is 11.8 Å². The van der Waals surface area contributed by atoms with E-state index in [4.69, 9.17) is 0 Å². The van der Waals surface area contributed by atoms with Crippen LogP contribution in [0.2, 0.25) is 0 Å². The maximum Gasteiger partial charge on any atom is 0.222 e. The highest BCUT2D eigenvalue weighted by molar-refractivity contribution is 5.78. The van der Waals surface area contributed by atoms with E-state index in [9.17, 15) is 9.59 Å². The minimum Gasteiger partial charge on any atom is -0.340 e. The molecule has 1 saturated heterocycles. The number of carbonyl (C=O) groups excluding carboxylic acids is 2. The fraction of sp³-hybridized carbons (Fsp3) is 0.667. The zero-order valence-corrected chi connectivity index (χ0v) is 12.5. The lowest BCUT2D eigenvalue weighted by Crippen LogP contribution is -2.45. The van der Waals surface area contributed by atoms with E-state index < -0.39 is 0 Å². The normalized spacial score (nSPS) is 21.8. The summed E-state index contributed by atoms with van der Waals surface area (Å²) >= 11 is 0. The fourth-order valence-electron chi connectivity index (χ4n) is 3.24. The van der Waals surface area contributed by atoms with Crippen LogP contribution in [0.3, 0.4) is 0 Å². The molecule has 1 unspecified atom stereocenters. The summed E-state index contributed by atoms with van der Waals surface area (Å²) in [5.74, 6) is 0.420. The van der Waals surface area contributed by atoms with E-state index in [0.717, 1.165) is 25.1 Å². The van der Waals surface area contributed by atoms with Crippen molar-refractivity contribution in [3.05, 3.63) is 18.0 Å². The standard InChI is InChI=1S/C15H22N4O2/c1-2-4-14(20)18-9-12-6-7-16-19(12)13(11-18)10-17-8-3-5-15(17)21/h6-7,13H,2-5,8-11H2,1H3. The van der Waals surface area contributed by atoms with Gasteiger partial charge in [0.1, 0.15) is 0 Å². The molecule has 21 heavy (non-hydrogen) atoms. The molecule has 6 nitrogen and oxygen atoms in total. The van der Waals surface area contributed by atoms with Crippen molar-refractivity contribution in [1.29, 1.82) is 0 Å². The largest absolute Gasteiger partial charge is 0.340 e. The highest BCUT2D eigenvalue weighted by atomic mass is 16.2. The van der Waals surface area contributed by atoms with Crippen LogP contribution in [-0.2, 0) is 16.1 Å². The molecule has 3 heterocycles. The molecule has 2 amide bonds. The Morgan fingerprint density at radius 3 is 3.05 bits per heavy atom. The minimum atomic E-state index is 0.0756. The van der Waals surface area contributed by atoms with E-state index in [-0.39, 0.29) is 17.9 Å². The van der Waals surface area contributed by atoms with Gasteiger partial charge in [-0.1, -0.05) is 6.92 Å². The third kappa shape index (κ3) is 2.80. The van der Waals surface area contributed by atoms with E-state index in [0.29, 0.717) is 32.5 Å². The Morgan fingerprint density at radius 1 is 1.48 bits per heavy atom. The molecule has 0 spiro atoms. The van der Waals surface area contributed by atoms with Crippen LogP contribution >= 0.6 is 0 Å². The van der Waals surface area contributed by atoms with Crippen molar-refractivity contribution in [2.45, 2.75) is 45.2 Å². The van der Waals surface area contributed by atoms with Gasteiger partial charge in [0, 0.05) is 38.7 Å². The molecule has 0 aromatic carbocycles. The van der Waals surface area contributed by atoms with Gasteiger partial charge < -0.3 is 9.80 Å². The number of hydrogen-bond donors (Lipinski definition) is 0. The number of rotatable bonds is 4. The monoisotopic (exact) mass is 290 g/mol. The fourth-order valence-corrected chi connectivity index (χ4v) is 3.24. The van der Waals surface area contributed by atoms with Gasteiger partial charge in [0.25, 0.3) is 0 Å². The van der Waals surface area contributed by atoms with E-state index in [1.54, 1.807) is 6.20 Å². The Kier molecular flexibility index (Phi) is 3.94. The summed E-state index contributed by atoms with van der Waals surface area (Å²) in [7, 11) is 0. The molecule has 0 aliphatic carbocycles. The lowest BCUT2D eigenvalue weighted by atomic mass is 10.1. The van der Waals surface area contributed by atoms with Gasteiger partial charge in [-0.05, 0) is 18.9 Å². The van der Waals surface area contributed by atoms with Crippen LogP contribution in [-0.4, -0.2) is 51.0 Å². The lowest BCUT2D eigenvalue weighted by molar-refractivity contribution is -0.133. The topological polar surface area (TPSA) is 58.4 Å². The number of amides is 2. The summed E-state index contributed by atoms with van der Waals surface area (Å²) < 4.78 is 1.99. The van der Waals surface area contributed by atoms with E-state index in [2.05, 4.69) is 5.10 Å². The minimum absolute atomic E-state index is 0.0756. The van der Waals surface area contributed by atoms with Crippen molar-refractivity contribution in [2.75, 3.05) is 19.6 Å². The lowest BCUT2D eigenvalue weighted by Gasteiger charge is -2.35. The first kappa shape index (κ1) is 14.1. The second-order valence-electron chi connectivity index (χ2n) is 5.89. The summed E-state index contributed by atoms with van der Waals surface area (Å²) in [6.07, 6.45) is 4.82. The molecule has 1 atom stereocenters. The molecule has 1 fully saturated rings. The van der Waals surface area contributed by atoms with Crippen LogP contribution in [0, 0.1) is 0 Å². The van der Waals surface area contributed by atoms with Crippen LogP contribution in [0.1, 0.15) is 44.3 Å². The molecule has 6 heteroatoms. The molecule has 3 rings (SSSR count). The quantitative estimate of drug-likeness (QED) is 0.837. The predicted molar refractivity (Wildman–Crippen MR) is 77.4 cm³/mol. The van der Waals surface area contributed by atoms with Crippen molar-refractivity contribution in [3.8, 4) is 0 Å². The zero-order valence-electron chi connectivity index (χ0n) is 12.5. The smallest absolute Gasteiger partial charge is 0.222 e. The van der Waals surface area contributed by atoms with Crippen molar-refractivity contribution < 1.29 is 9.59 Å². The van der Waals surface area contributed by atoms with Crippen LogP contribution in [0.25, 0.3) is 0 Å². The van der Waals surface area contributed by atoms with E-state index >= 15 is 0 Å². The second kappa shape index (κ2) is 5.87. The van der Waals surface area contributed by atoms with Crippen molar-refractivity contribution in [1.82, 2.24) is 19.6 Å². The first-order chi connectivity index (χ1) is 10.2. The molecule has 2 aliphatic heterocycles. The number of carbonyl (C=O) groups is 2. The molecule has 0 N–H and O–H groups in total. The van der Waals surface area contributed by atoms with Gasteiger partial charge >= 0.3 is 0 Å². The summed E-state index contributed by atoms with van der Waals surface area (Å²) in [6, 6.07) is 2.04. The average molecular weight is 290 g/mol. The first-order valence-electron chi connectivity index (χ1n) is 7.77. The summed E-state index contributed by atoms with van der Waals surface area (Å²) in [6.45, 7) is 4.78. The third-order valence-electron chi connectivity index (χ3n) is 4.30. The SMILES string of the molecule is CCCC(=O)N1Cc2ccnn2C(CN2CCCC2=O)C1. The highest BCUT2D eigenvalue weighted by Crippen LogP contribution is 2.23. The van der Waals surface area contributed by atoms with Crippen LogP contribution in [0.5, 0.6) is 0 Å². The Bertz CT molecular complexity index is 540. The van der Waals surface area contributed by atoms with Crippen LogP contribution < -0.4 is 0 Å². The van der Waals surface area contributed by atoms with Gasteiger partial charge in [-0.3, -0.25) is 14.3 Å². The van der Waals surface area contributed by atoms with Gasteiger partial charge in [-0.15, -0.1) is 0 Å². The Hall–Kier alpha value is -1.85. The Labute approximate surface area is 124 Å². The molecular weight excluding hydrogens is 268 g/mol. The number of hydrogen-bond acceptors (Lipinski definition) is 3. The summed E-state index contributed by atoms with van der Waals surface area (Å²) in [5, 5.41) is 4.39. The number of aromatic nitrogens is 2. The molecule has 0 radical (unpaired) electrons. The van der Waals surface area contributed by atoms with Crippen molar-refractivity contribution in [3.63, 3.8) is 0 Å². The second-order valence-corrected chi connectivity index (χ2v) is 5.89. The molecule has 2 aliphatic rings. The van der Waals surface area contributed by atoms with Crippen LogP contribution in [0.4, 0.5) is 0 Å². The number of likely N-dealkylation sites (tertiary alicyclic amines) is 1. The molecule has 1 aromatic rings. The molecule has 1 aromatic heterocycles. The summed E-state index contributed by atoms with van der Waals surface area (Å²) in [4.78, 5) is 27.8. The Morgan fingerprint density at radius 2 is 2.33 bits per heavy atom. The van der Waals surface area contributed by atoms with Crippen molar-refractivity contribution in [2.24, 2.45) is 0 Å². The highest BCUT2D eigenvalue weighted by Gasteiger charge is 2.31. The number of nitrogens with zero attached hydrogens (tertiary/aromatic N) is 4. The van der Waals surface area contributed by atoms with Gasteiger partial charge in [-0.2, -0.15) is 5.10 Å². The first-order valence-corrected chi connectivity index (χ1v) is 7.77. The van der Waals surface area contributed by atoms with E-state index in [1.807, 2.05) is 27.5 Å². The Balaban J connectivity index is 1.76. The summed E-state index contributed by atoms with van der Waals surface area (Å²) in [5.41, 5.74) is 1.06. The molecule has 0 bridgehead atoms. The molecular formula is C15H22N4O2. The average Bonchev–Trinajstić information content (AvgIpc) is 3.08. The predicted octanol–water partition coefficient (Wildman–Crippen LogP) is 1.19. The van der Waals surface area contributed by atoms with Crippen LogP contribution in [0.15, 0.2) is 12.3 Å². The zero-order chi connectivity index (χ0) is 14.8. The van der Waals surface area contributed by atoms with Gasteiger partial charge in [0.15, 0.2) is 0 Å². The van der Waals surface area contributed by atoms with Gasteiger partial charge in [-0.25, -0.2) is 0 Å². The maximum atomic E-state index is 12.2. The van der Waals surface area contributed by atoms with Gasteiger partial charge in [0.05, 0.1) is 18.3 Å². The maximum absolute atomic E-state index is 12.2. The molecule has 114 valence electrons. The van der Waals surface area contributed by atoms with E-state index in [1.165, 1.54) is 0 Å².